The van der Waals surface area contributed by atoms with Crippen LogP contribution in [0.5, 0.6) is 0 Å². The summed E-state index contributed by atoms with van der Waals surface area (Å²) in [6, 6.07) is 3.50. The van der Waals surface area contributed by atoms with E-state index in [0.29, 0.717) is 12.6 Å². The number of carbonyl (C=O) groups is 1. The molecule has 3 nitrogen and oxygen atoms in total. The van der Waals surface area contributed by atoms with E-state index in [1.807, 2.05) is 0 Å². The first-order valence-corrected chi connectivity index (χ1v) is 6.55. The van der Waals surface area contributed by atoms with Crippen LogP contribution in [0.25, 0.3) is 0 Å². The summed E-state index contributed by atoms with van der Waals surface area (Å²) in [4.78, 5) is 11.8. The van der Waals surface area contributed by atoms with Crippen molar-refractivity contribution in [3.63, 3.8) is 0 Å². The maximum absolute atomic E-state index is 13.0. The number of amides is 1. The van der Waals surface area contributed by atoms with Gasteiger partial charge in [-0.1, -0.05) is 6.42 Å². The van der Waals surface area contributed by atoms with Gasteiger partial charge in [0, 0.05) is 30.3 Å². The second-order valence-electron chi connectivity index (χ2n) is 5.06. The van der Waals surface area contributed by atoms with Gasteiger partial charge in [-0.15, -0.1) is 0 Å². The second kappa shape index (κ2) is 6.10. The minimum absolute atomic E-state index is 0.0151. The molecule has 0 aliphatic carbocycles. The van der Waals surface area contributed by atoms with E-state index in [9.17, 15) is 13.6 Å². The van der Waals surface area contributed by atoms with E-state index >= 15 is 0 Å². The van der Waals surface area contributed by atoms with Crippen LogP contribution in [0.2, 0.25) is 0 Å². The molecule has 19 heavy (non-hydrogen) atoms. The molecule has 1 aromatic rings. The lowest BCUT2D eigenvalue weighted by atomic mass is 9.99. The Morgan fingerprint density at radius 3 is 2.63 bits per heavy atom. The van der Waals surface area contributed by atoms with Crippen molar-refractivity contribution in [2.45, 2.75) is 38.3 Å². The molecule has 1 fully saturated rings. The third-order valence-electron chi connectivity index (χ3n) is 3.34. The molecule has 5 heteroatoms. The summed E-state index contributed by atoms with van der Waals surface area (Å²) in [6.07, 6.45) is 3.27. The van der Waals surface area contributed by atoms with Gasteiger partial charge in [0.2, 0.25) is 0 Å². The quantitative estimate of drug-likeness (QED) is 0.882. The highest BCUT2D eigenvalue weighted by Crippen LogP contribution is 2.12. The lowest BCUT2D eigenvalue weighted by Gasteiger charge is -2.28. The van der Waals surface area contributed by atoms with E-state index in [1.165, 1.54) is 0 Å². The van der Waals surface area contributed by atoms with E-state index in [4.69, 9.17) is 0 Å². The Balaban J connectivity index is 1.90. The van der Waals surface area contributed by atoms with Gasteiger partial charge in [0.05, 0.1) is 0 Å². The molecule has 104 valence electrons. The molecule has 1 aliphatic heterocycles. The standard InChI is InChI=1S/C14H18F2N2O/c1-9-3-2-4-13(18-9)8-17-14(19)10-5-11(15)7-12(16)6-10/h5-7,9,13,18H,2-4,8H2,1H3,(H,17,19). The molecule has 0 bridgehead atoms. The zero-order chi connectivity index (χ0) is 13.8. The summed E-state index contributed by atoms with van der Waals surface area (Å²) in [7, 11) is 0. The van der Waals surface area contributed by atoms with Gasteiger partial charge < -0.3 is 10.6 Å². The van der Waals surface area contributed by atoms with Crippen LogP contribution in [0.15, 0.2) is 18.2 Å². The Bertz CT molecular complexity index is 445. The third-order valence-corrected chi connectivity index (χ3v) is 3.34. The summed E-state index contributed by atoms with van der Waals surface area (Å²) in [5, 5.41) is 6.09. The maximum Gasteiger partial charge on any atom is 0.251 e. The molecular weight excluding hydrogens is 250 g/mol. The lowest BCUT2D eigenvalue weighted by molar-refractivity contribution is 0.0945. The van der Waals surface area contributed by atoms with E-state index in [0.717, 1.165) is 37.5 Å². The molecular formula is C14H18F2N2O. The van der Waals surface area contributed by atoms with E-state index in [2.05, 4.69) is 17.6 Å². The minimum Gasteiger partial charge on any atom is -0.350 e. The number of carbonyl (C=O) groups excluding carboxylic acids is 1. The highest BCUT2D eigenvalue weighted by Gasteiger charge is 2.18. The monoisotopic (exact) mass is 268 g/mol. The molecule has 0 saturated carbocycles. The predicted octanol–water partition coefficient (Wildman–Crippen LogP) is 2.23. The molecule has 2 unspecified atom stereocenters. The predicted molar refractivity (Wildman–Crippen MR) is 68.9 cm³/mol. The van der Waals surface area contributed by atoms with Crippen LogP contribution in [0.4, 0.5) is 8.78 Å². The molecule has 2 rings (SSSR count). The van der Waals surface area contributed by atoms with Crippen LogP contribution in [0.1, 0.15) is 36.5 Å². The van der Waals surface area contributed by atoms with Gasteiger partial charge in [-0.25, -0.2) is 8.78 Å². The number of piperidine rings is 1. The van der Waals surface area contributed by atoms with Gasteiger partial charge in [-0.2, -0.15) is 0 Å². The van der Waals surface area contributed by atoms with Crippen molar-refractivity contribution in [3.05, 3.63) is 35.4 Å². The minimum atomic E-state index is -0.741. The number of benzene rings is 1. The molecule has 1 saturated heterocycles. The number of nitrogens with one attached hydrogen (secondary N) is 2. The van der Waals surface area contributed by atoms with Crippen LogP contribution in [0, 0.1) is 11.6 Å². The highest BCUT2D eigenvalue weighted by atomic mass is 19.1. The van der Waals surface area contributed by atoms with Crippen molar-refractivity contribution in [2.75, 3.05) is 6.54 Å². The molecule has 0 spiro atoms. The van der Waals surface area contributed by atoms with Crippen molar-refractivity contribution in [1.82, 2.24) is 10.6 Å². The summed E-state index contributed by atoms with van der Waals surface area (Å²) in [5.41, 5.74) is 0.0151. The molecule has 1 aliphatic rings. The Morgan fingerprint density at radius 1 is 1.32 bits per heavy atom. The molecule has 2 N–H and O–H groups in total. The van der Waals surface area contributed by atoms with Gasteiger partial charge in [0.1, 0.15) is 11.6 Å². The van der Waals surface area contributed by atoms with Crippen molar-refractivity contribution >= 4 is 5.91 Å². The van der Waals surface area contributed by atoms with E-state index < -0.39 is 17.5 Å². The van der Waals surface area contributed by atoms with Crippen LogP contribution in [0.3, 0.4) is 0 Å². The fourth-order valence-electron chi connectivity index (χ4n) is 2.40. The fraction of sp³-hybridized carbons (Fsp3) is 0.500. The first kappa shape index (κ1) is 13.9. The molecule has 2 atom stereocenters. The van der Waals surface area contributed by atoms with Gasteiger partial charge in [0.25, 0.3) is 5.91 Å². The number of halogens is 2. The Morgan fingerprint density at radius 2 is 2.00 bits per heavy atom. The van der Waals surface area contributed by atoms with Crippen molar-refractivity contribution < 1.29 is 13.6 Å². The largest absolute Gasteiger partial charge is 0.350 e. The third kappa shape index (κ3) is 3.99. The van der Waals surface area contributed by atoms with Gasteiger partial charge in [-0.05, 0) is 31.9 Å². The normalized spacial score (nSPS) is 23.1. The first-order chi connectivity index (χ1) is 9.04. The second-order valence-corrected chi connectivity index (χ2v) is 5.06. The number of rotatable bonds is 3. The van der Waals surface area contributed by atoms with Crippen molar-refractivity contribution in [2.24, 2.45) is 0 Å². The van der Waals surface area contributed by atoms with Crippen LogP contribution < -0.4 is 10.6 Å². The average molecular weight is 268 g/mol. The first-order valence-electron chi connectivity index (χ1n) is 6.55. The zero-order valence-corrected chi connectivity index (χ0v) is 10.9. The van der Waals surface area contributed by atoms with Crippen molar-refractivity contribution in [1.29, 1.82) is 0 Å². The van der Waals surface area contributed by atoms with Crippen molar-refractivity contribution in [3.8, 4) is 0 Å². The Kier molecular flexibility index (Phi) is 4.47. The van der Waals surface area contributed by atoms with Crippen LogP contribution in [-0.4, -0.2) is 24.5 Å². The SMILES string of the molecule is CC1CCCC(CNC(=O)c2cc(F)cc(F)c2)N1. The number of hydrogen-bond acceptors (Lipinski definition) is 2. The topological polar surface area (TPSA) is 41.1 Å². The highest BCUT2D eigenvalue weighted by molar-refractivity contribution is 5.94. The maximum atomic E-state index is 13.0. The molecule has 0 aromatic heterocycles. The smallest absolute Gasteiger partial charge is 0.251 e. The Hall–Kier alpha value is -1.49. The molecule has 1 heterocycles. The molecule has 1 aromatic carbocycles. The Labute approximate surface area is 111 Å². The molecule has 1 amide bonds. The van der Waals surface area contributed by atoms with Gasteiger partial charge in [0.15, 0.2) is 0 Å². The summed E-state index contributed by atoms with van der Waals surface area (Å²) < 4.78 is 26.0. The van der Waals surface area contributed by atoms with E-state index in [-0.39, 0.29) is 11.6 Å². The van der Waals surface area contributed by atoms with Gasteiger partial charge in [-0.3, -0.25) is 4.79 Å². The number of hydrogen-bond donors (Lipinski definition) is 2. The van der Waals surface area contributed by atoms with Crippen LogP contribution in [-0.2, 0) is 0 Å². The lowest BCUT2D eigenvalue weighted by Crippen LogP contribution is -2.47. The fourth-order valence-corrected chi connectivity index (χ4v) is 2.40. The summed E-state index contributed by atoms with van der Waals surface area (Å²) in [6.45, 7) is 2.58. The average Bonchev–Trinajstić information content (AvgIpc) is 2.35. The van der Waals surface area contributed by atoms with Gasteiger partial charge >= 0.3 is 0 Å². The molecule has 0 radical (unpaired) electrons. The summed E-state index contributed by atoms with van der Waals surface area (Å²) in [5.74, 6) is -1.93. The zero-order valence-electron chi connectivity index (χ0n) is 10.9. The van der Waals surface area contributed by atoms with Crippen LogP contribution >= 0.6 is 0 Å². The van der Waals surface area contributed by atoms with E-state index in [1.54, 1.807) is 0 Å². The summed E-state index contributed by atoms with van der Waals surface area (Å²) >= 11 is 0.